The zero-order valence-electron chi connectivity index (χ0n) is 7.98. The molecule has 0 spiro atoms. The molecule has 0 bridgehead atoms. The zero-order chi connectivity index (χ0) is 11.3. The Morgan fingerprint density at radius 2 is 2.27 bits per heavy atom. The molecule has 1 atom stereocenters. The second-order valence-corrected chi connectivity index (χ2v) is 3.06. The summed E-state index contributed by atoms with van der Waals surface area (Å²) in [6, 6.07) is 5.22. The van der Waals surface area contributed by atoms with Gasteiger partial charge in [0.05, 0.1) is 12.7 Å². The minimum absolute atomic E-state index is 0.0636. The Kier molecular flexibility index (Phi) is 4.20. The fourth-order valence-corrected chi connectivity index (χ4v) is 1.01. The van der Waals surface area contributed by atoms with Crippen LogP contribution in [0.2, 0.25) is 0 Å². The molecule has 0 heterocycles. The van der Waals surface area contributed by atoms with Crippen LogP contribution in [0.1, 0.15) is 10.4 Å². The number of benzene rings is 1. The fourth-order valence-electron chi connectivity index (χ4n) is 1.01. The molecule has 4 nitrogen and oxygen atoms in total. The van der Waals surface area contributed by atoms with Crippen molar-refractivity contribution in [3.8, 4) is 0 Å². The van der Waals surface area contributed by atoms with E-state index in [9.17, 15) is 9.18 Å². The Morgan fingerprint density at radius 3 is 2.87 bits per heavy atom. The Hall–Kier alpha value is -1.46. The summed E-state index contributed by atoms with van der Waals surface area (Å²) in [4.78, 5) is 11.3. The lowest BCUT2D eigenvalue weighted by molar-refractivity contribution is 0.0801. The highest BCUT2D eigenvalue weighted by atomic mass is 19.1. The molecule has 15 heavy (non-hydrogen) atoms. The van der Waals surface area contributed by atoms with E-state index >= 15 is 0 Å². The van der Waals surface area contributed by atoms with Crippen LogP contribution in [0.25, 0.3) is 0 Å². The average Bonchev–Trinajstić information content (AvgIpc) is 2.25. The number of amides is 1. The number of carbonyl (C=O) groups excluding carboxylic acids is 1. The van der Waals surface area contributed by atoms with Crippen LogP contribution < -0.4 is 5.32 Å². The highest BCUT2D eigenvalue weighted by Crippen LogP contribution is 2.02. The van der Waals surface area contributed by atoms with Gasteiger partial charge in [0.2, 0.25) is 0 Å². The van der Waals surface area contributed by atoms with E-state index in [-0.39, 0.29) is 12.1 Å². The van der Waals surface area contributed by atoms with E-state index in [0.29, 0.717) is 0 Å². The molecular formula is C10H12FNO3. The molecular weight excluding hydrogens is 201 g/mol. The smallest absolute Gasteiger partial charge is 0.251 e. The van der Waals surface area contributed by atoms with E-state index in [2.05, 4.69) is 5.32 Å². The minimum atomic E-state index is -0.998. The van der Waals surface area contributed by atoms with Crippen LogP contribution in [-0.2, 0) is 0 Å². The summed E-state index contributed by atoms with van der Waals surface area (Å²) in [5.74, 6) is -0.979. The van der Waals surface area contributed by atoms with Crippen molar-refractivity contribution in [2.45, 2.75) is 6.10 Å². The third-order valence-corrected chi connectivity index (χ3v) is 1.80. The molecule has 82 valence electrons. The number of nitrogens with one attached hydrogen (secondary N) is 1. The standard InChI is InChI=1S/C10H12FNO3/c11-8-3-1-2-7(4-8)10(15)12-5-9(14)6-13/h1-4,9,13-14H,5-6H2,(H,12,15). The van der Waals surface area contributed by atoms with Crippen molar-refractivity contribution >= 4 is 5.91 Å². The van der Waals surface area contributed by atoms with Gasteiger partial charge in [0.25, 0.3) is 5.91 Å². The lowest BCUT2D eigenvalue weighted by atomic mass is 10.2. The molecule has 1 rings (SSSR count). The average molecular weight is 213 g/mol. The van der Waals surface area contributed by atoms with E-state index in [1.165, 1.54) is 18.2 Å². The number of hydrogen-bond acceptors (Lipinski definition) is 3. The fraction of sp³-hybridized carbons (Fsp3) is 0.300. The molecule has 1 amide bonds. The summed E-state index contributed by atoms with van der Waals surface area (Å²) in [5.41, 5.74) is 0.181. The number of aliphatic hydroxyl groups is 2. The van der Waals surface area contributed by atoms with Crippen LogP contribution in [0.4, 0.5) is 4.39 Å². The summed E-state index contributed by atoms with van der Waals surface area (Å²) >= 11 is 0. The number of hydrogen-bond donors (Lipinski definition) is 3. The molecule has 1 aromatic carbocycles. The van der Waals surface area contributed by atoms with Crippen LogP contribution in [0.15, 0.2) is 24.3 Å². The normalized spacial score (nSPS) is 12.2. The first-order chi connectivity index (χ1) is 7.13. The van der Waals surface area contributed by atoms with Gasteiger partial charge in [0.1, 0.15) is 5.82 Å². The summed E-state index contributed by atoms with van der Waals surface area (Å²) < 4.78 is 12.7. The van der Waals surface area contributed by atoms with Gasteiger partial charge in [-0.25, -0.2) is 4.39 Å². The lowest BCUT2D eigenvalue weighted by Gasteiger charge is -2.08. The van der Waals surface area contributed by atoms with E-state index in [1.54, 1.807) is 0 Å². The summed E-state index contributed by atoms with van der Waals surface area (Å²) in [6.45, 7) is -0.491. The highest BCUT2D eigenvalue weighted by Gasteiger charge is 2.08. The van der Waals surface area contributed by atoms with Gasteiger partial charge in [-0.2, -0.15) is 0 Å². The summed E-state index contributed by atoms with van der Waals surface area (Å²) in [7, 11) is 0. The zero-order valence-corrected chi connectivity index (χ0v) is 7.98. The Balaban J connectivity index is 2.54. The van der Waals surface area contributed by atoms with E-state index in [0.717, 1.165) is 6.07 Å². The number of rotatable bonds is 4. The summed E-state index contributed by atoms with van der Waals surface area (Å²) in [6.07, 6.45) is -0.998. The van der Waals surface area contributed by atoms with Crippen LogP contribution >= 0.6 is 0 Å². The van der Waals surface area contributed by atoms with Crippen LogP contribution in [0.3, 0.4) is 0 Å². The van der Waals surface area contributed by atoms with Crippen molar-refractivity contribution < 1.29 is 19.4 Å². The van der Waals surface area contributed by atoms with E-state index in [4.69, 9.17) is 10.2 Å². The molecule has 1 aromatic rings. The predicted octanol–water partition coefficient (Wildman–Crippen LogP) is -0.0913. The van der Waals surface area contributed by atoms with Crippen LogP contribution in [0.5, 0.6) is 0 Å². The lowest BCUT2D eigenvalue weighted by Crippen LogP contribution is -2.33. The maximum atomic E-state index is 12.7. The van der Waals surface area contributed by atoms with Crippen molar-refractivity contribution in [2.24, 2.45) is 0 Å². The number of halogens is 1. The van der Waals surface area contributed by atoms with Crippen molar-refractivity contribution in [3.05, 3.63) is 35.6 Å². The molecule has 0 saturated heterocycles. The molecule has 0 fully saturated rings. The van der Waals surface area contributed by atoms with Crippen molar-refractivity contribution in [1.29, 1.82) is 0 Å². The Labute approximate surface area is 86.4 Å². The Morgan fingerprint density at radius 1 is 1.53 bits per heavy atom. The van der Waals surface area contributed by atoms with Gasteiger partial charge in [-0.3, -0.25) is 4.79 Å². The molecule has 0 aliphatic rings. The second-order valence-electron chi connectivity index (χ2n) is 3.06. The summed E-state index contributed by atoms with van der Waals surface area (Å²) in [5, 5.41) is 19.8. The Bertz CT molecular complexity index is 343. The van der Waals surface area contributed by atoms with Gasteiger partial charge in [-0.15, -0.1) is 0 Å². The monoisotopic (exact) mass is 213 g/mol. The first-order valence-corrected chi connectivity index (χ1v) is 4.46. The minimum Gasteiger partial charge on any atom is -0.394 e. The number of carbonyl (C=O) groups is 1. The van der Waals surface area contributed by atoms with Gasteiger partial charge < -0.3 is 15.5 Å². The van der Waals surface area contributed by atoms with Gasteiger partial charge in [-0.05, 0) is 18.2 Å². The topological polar surface area (TPSA) is 69.6 Å². The second kappa shape index (κ2) is 5.43. The predicted molar refractivity (Wildman–Crippen MR) is 51.8 cm³/mol. The maximum Gasteiger partial charge on any atom is 0.251 e. The van der Waals surface area contributed by atoms with Gasteiger partial charge in [-0.1, -0.05) is 6.07 Å². The highest BCUT2D eigenvalue weighted by molar-refractivity contribution is 5.94. The van der Waals surface area contributed by atoms with Gasteiger partial charge in [0.15, 0.2) is 0 Å². The third kappa shape index (κ3) is 3.65. The molecule has 0 aliphatic heterocycles. The molecule has 1 unspecified atom stereocenters. The largest absolute Gasteiger partial charge is 0.394 e. The quantitative estimate of drug-likeness (QED) is 0.654. The van der Waals surface area contributed by atoms with Crippen molar-refractivity contribution in [1.82, 2.24) is 5.32 Å². The molecule has 0 saturated carbocycles. The third-order valence-electron chi connectivity index (χ3n) is 1.80. The van der Waals surface area contributed by atoms with Crippen molar-refractivity contribution in [2.75, 3.05) is 13.2 Å². The van der Waals surface area contributed by atoms with E-state index in [1.807, 2.05) is 0 Å². The SMILES string of the molecule is O=C(NCC(O)CO)c1cccc(F)c1. The molecule has 0 aliphatic carbocycles. The van der Waals surface area contributed by atoms with Crippen LogP contribution in [-0.4, -0.2) is 35.4 Å². The van der Waals surface area contributed by atoms with Gasteiger partial charge in [0, 0.05) is 12.1 Å². The van der Waals surface area contributed by atoms with Crippen molar-refractivity contribution in [3.63, 3.8) is 0 Å². The molecule has 0 radical (unpaired) electrons. The van der Waals surface area contributed by atoms with Crippen LogP contribution in [0, 0.1) is 5.82 Å². The van der Waals surface area contributed by atoms with Gasteiger partial charge >= 0.3 is 0 Å². The first-order valence-electron chi connectivity index (χ1n) is 4.46. The molecule has 3 N–H and O–H groups in total. The molecule has 0 aromatic heterocycles. The first kappa shape index (κ1) is 11.6. The maximum absolute atomic E-state index is 12.7. The number of aliphatic hydroxyl groups excluding tert-OH is 2. The molecule has 5 heteroatoms. The van der Waals surface area contributed by atoms with E-state index < -0.39 is 24.4 Å².